The number of hydrogen-bond acceptors (Lipinski definition) is 17. The van der Waals surface area contributed by atoms with E-state index in [0.29, 0.717) is 14.1 Å². The smallest absolute Gasteiger partial charge is 0.870 e. The van der Waals surface area contributed by atoms with Gasteiger partial charge in [0.05, 0.1) is 21.4 Å². The molecule has 0 saturated carbocycles. The summed E-state index contributed by atoms with van der Waals surface area (Å²) < 4.78 is 49.5. The van der Waals surface area contributed by atoms with Gasteiger partial charge in [0.25, 0.3) is 5.97 Å². The van der Waals surface area contributed by atoms with E-state index in [4.69, 9.17) is 62.5 Å². The summed E-state index contributed by atoms with van der Waals surface area (Å²) in [7, 11) is 2.82. The van der Waals surface area contributed by atoms with Crippen molar-refractivity contribution < 1.29 is 184 Å². The van der Waals surface area contributed by atoms with Gasteiger partial charge in [-0.25, -0.2) is 0 Å². The Kier molecular flexibility index (Phi) is 720. The van der Waals surface area contributed by atoms with E-state index in [0.717, 1.165) is 27.4 Å². The maximum Gasteiger partial charge on any atom is 1.00 e. The van der Waals surface area contributed by atoms with Crippen molar-refractivity contribution in [1.29, 1.82) is 0.594 Å². The average Bonchev–Trinajstić information content (AvgIpc) is 3.55. The van der Waals surface area contributed by atoms with E-state index < -0.39 is 37.5 Å². The SMILES string of the molecule is C.C#CC.C#CC(C)(C)O.CB(O)O.CB(O)O.CC.CC.CC.CC.CC.CC.CC.CC.CC.CC#CC.CC(=O)O.CC(C)(C)[O-].CC=CC.CC=CC.CC=O.CCCC.CCCC.CF.CO.COC(C)(F)F.COC(C)=O.COC(C)=O.OO.[2H]I.[K+].[Na+].[OH-]. The topological polar surface area (TPSA) is 331 Å². The molecule has 0 aliphatic carbocycles. The Morgan fingerprint density at radius 3 is 0.628 bits per heavy atom. The van der Waals surface area contributed by atoms with Crippen LogP contribution in [0, 0.1) is 36.5 Å². The van der Waals surface area contributed by atoms with E-state index in [-0.39, 0.29) is 106 Å². The molecule has 0 unspecified atom stereocenters. The Morgan fingerprint density at radius 2 is 0.628 bits per heavy atom. The molecule has 0 heterocycles. The summed E-state index contributed by atoms with van der Waals surface area (Å²) in [5.74, 6) is 8.45. The van der Waals surface area contributed by atoms with Gasteiger partial charge in [-0.2, -0.15) is 8.78 Å². The molecule has 0 aliphatic rings. The molecule has 0 amide bonds. The predicted molar refractivity (Wildman–Crippen MR) is 417 cm³/mol. The van der Waals surface area contributed by atoms with E-state index in [2.05, 4.69) is 72.0 Å². The van der Waals surface area contributed by atoms with Crippen molar-refractivity contribution in [2.45, 2.75) is 334 Å². The molecule has 0 atom stereocenters. The number of aldehydes is 1. The van der Waals surface area contributed by atoms with Gasteiger partial charge in [0.2, 0.25) is 0 Å². The molecular formula is C68H168B2F3IKNaO18. The summed E-state index contributed by atoms with van der Waals surface area (Å²) in [6, 6.07) is 0. The monoisotopic (exact) mass is 1540 g/mol. The van der Waals surface area contributed by atoms with Crippen LogP contribution in [0.25, 0.3) is 0 Å². The normalized spacial score (nSPS) is 6.29. The number of ether oxygens (including phenoxy) is 3. The van der Waals surface area contributed by atoms with Gasteiger partial charge in [-0.1, -0.05) is 236 Å². The number of hydrogen-bond donors (Lipinski definition) is 9. The Labute approximate surface area is 671 Å². The molecule has 0 aliphatic heterocycles. The largest absolute Gasteiger partial charge is 1.00 e. The second-order valence-corrected chi connectivity index (χ2v) is 12.4. The number of carboxylic acid groups (broad SMARTS) is 1. The van der Waals surface area contributed by atoms with Gasteiger partial charge in [-0.3, -0.25) is 29.3 Å². The minimum absolute atomic E-state index is 0. The van der Waals surface area contributed by atoms with Crippen molar-refractivity contribution in [3.05, 3.63) is 24.3 Å². The van der Waals surface area contributed by atoms with E-state index in [1.165, 1.54) is 98.1 Å². The number of aliphatic hydroxyl groups excluding tert-OH is 1. The first-order valence-electron chi connectivity index (χ1n) is 30.8. The summed E-state index contributed by atoms with van der Waals surface area (Å²) >= 11 is 1.40. The number of alkyl halides is 3. The minimum Gasteiger partial charge on any atom is -0.870 e. The third-order valence-corrected chi connectivity index (χ3v) is 3.20. The van der Waals surface area contributed by atoms with E-state index in [1.807, 2.05) is 190 Å². The van der Waals surface area contributed by atoms with Gasteiger partial charge in [0, 0.05) is 41.9 Å². The molecule has 0 saturated heterocycles. The van der Waals surface area contributed by atoms with Crippen LogP contribution in [0.15, 0.2) is 24.3 Å². The Hall–Kier alpha value is -0.914. The van der Waals surface area contributed by atoms with Crippen LogP contribution in [0.2, 0.25) is 13.6 Å². The molecular weight excluding hydrogens is 1370 g/mol. The van der Waals surface area contributed by atoms with Crippen molar-refractivity contribution in [3.63, 3.8) is 0 Å². The number of carboxylic acids is 1. The van der Waals surface area contributed by atoms with Crippen molar-refractivity contribution in [2.24, 2.45) is 0 Å². The number of aliphatic carboxylic acids is 1. The molecule has 0 bridgehead atoms. The second-order valence-electron chi connectivity index (χ2n) is 12.4. The fourth-order valence-corrected chi connectivity index (χ4v) is 0. The molecule has 10 N–H and O–H groups in total. The molecule has 0 radical (unpaired) electrons. The van der Waals surface area contributed by atoms with Crippen LogP contribution in [0.5, 0.6) is 0 Å². The fourth-order valence-electron chi connectivity index (χ4n) is 0. The van der Waals surface area contributed by atoms with Crippen molar-refractivity contribution >= 4 is 62.2 Å². The maximum absolute atomic E-state index is 11.2. The van der Waals surface area contributed by atoms with Crippen LogP contribution in [-0.4, -0.2) is 143 Å². The molecule has 0 aromatic carbocycles. The zero-order chi connectivity index (χ0) is 82.7. The summed E-state index contributed by atoms with van der Waals surface area (Å²) in [5.41, 5.74) is -1.68. The predicted octanol–water partition coefficient (Wildman–Crippen LogP) is 13.6. The number of halogens is 4. The Bertz CT molecular complexity index is 1030. The molecule has 0 aromatic heterocycles. The zero-order valence-corrected chi connectivity index (χ0v) is 77.6. The van der Waals surface area contributed by atoms with Crippen LogP contribution >= 0.6 is 23.8 Å². The van der Waals surface area contributed by atoms with Crippen molar-refractivity contribution in [3.8, 4) is 36.5 Å². The molecule has 584 valence electrons. The van der Waals surface area contributed by atoms with Gasteiger partial charge in [-0.15, -0.1) is 60.0 Å². The number of methoxy groups -OCH3 is 3. The molecule has 26 heteroatoms. The number of terminal acetylenes is 2. The molecule has 0 rings (SSSR count). The van der Waals surface area contributed by atoms with Gasteiger partial charge in [-0.05, 0) is 82.9 Å². The molecule has 94 heavy (non-hydrogen) atoms. The maximum atomic E-state index is 11.2. The summed E-state index contributed by atoms with van der Waals surface area (Å²) in [5, 5.41) is 75.6. The molecule has 0 fully saturated rings. The van der Waals surface area contributed by atoms with Gasteiger partial charge in [0.1, 0.15) is 12.5 Å². The van der Waals surface area contributed by atoms with Crippen LogP contribution in [0.3, 0.4) is 0 Å². The third kappa shape index (κ3) is 3730. The fraction of sp³-hybridized carbons (Fsp3) is 0.794. The Morgan fingerprint density at radius 1 is 0.564 bits per heavy atom. The number of unbranched alkanes of at least 4 members (excludes halogenated alkanes) is 2. The summed E-state index contributed by atoms with van der Waals surface area (Å²) in [6.07, 6.45) is 20.5. The van der Waals surface area contributed by atoms with Gasteiger partial charge < -0.3 is 65.0 Å². The molecule has 0 aromatic rings. The van der Waals surface area contributed by atoms with Gasteiger partial charge in [0.15, 0.2) is 0 Å². The zero-order valence-electron chi connectivity index (χ0n) is 71.3. The van der Waals surface area contributed by atoms with E-state index in [1.54, 1.807) is 41.5 Å². The van der Waals surface area contributed by atoms with Crippen molar-refractivity contribution in [1.82, 2.24) is 0 Å². The first-order chi connectivity index (χ1) is 42.3. The van der Waals surface area contributed by atoms with E-state index in [9.17, 15) is 27.9 Å². The first-order valence-corrected chi connectivity index (χ1v) is 30.4. The molecule has 0 spiro atoms. The average molecular weight is 1540 g/mol. The number of carbonyl (C=O) groups is 4. The van der Waals surface area contributed by atoms with Crippen LogP contribution in [0.4, 0.5) is 13.2 Å². The van der Waals surface area contributed by atoms with Crippen LogP contribution in [0.1, 0.15) is 303 Å². The number of allylic oxidation sites excluding steroid dienone is 4. The second kappa shape index (κ2) is 330. The number of esters is 2. The van der Waals surface area contributed by atoms with Crippen LogP contribution in [-0.2, 0) is 33.4 Å². The number of aliphatic hydroxyl groups is 2. The molecule has 18 nitrogen and oxygen atoms in total. The summed E-state index contributed by atoms with van der Waals surface area (Å²) in [6.45, 7) is 74.5. The van der Waals surface area contributed by atoms with Gasteiger partial charge >= 0.3 is 113 Å². The van der Waals surface area contributed by atoms with Crippen molar-refractivity contribution in [2.75, 3.05) is 35.6 Å². The number of rotatable bonds is 3. The van der Waals surface area contributed by atoms with E-state index >= 15 is 0 Å². The van der Waals surface area contributed by atoms with Crippen LogP contribution < -0.4 is 86.0 Å². The quantitative estimate of drug-likeness (QED) is 0.0185. The Balaban J connectivity index is -0.0000000145. The minimum atomic E-state index is -2.96. The standard InChI is InChI=1S/C5H8O.C4H9O.2C4H10.2C4H8.C4H6.C3H6F2O.2C3H6O2.C3H4.C2H4O2.C2H4O.9C2H6.2CH5BO2.CH3F.CH4O.CH4.HI.K.Na.H2O2.H2O/c1-4-5(2,3)6;1-4(2,3)5;5*1-3-4-2;1-3(4,5)6-2;2*1-3(4)5-2;1-3-2;1-2(3)4;1-2-3;9*1-2;2*1-2(3)4;2*1-2;;;;;1-2;/h1,6H,2-3H3;1-3H3;2*3-4H2,1-2H3;2*3-4H,1-2H3;1-2H3;1-2H3;2*1-2H3;1H,2H3;1H3,(H,3,4);2H,1H3;9*1-2H3;2*3-4H,1H3;1H3;2H,1H3;1H4;1H;;;1-2H;1H2/q;-1;;;;;;;;;;;;;;;;;;;;;;;;;;;2*+1;;/p-1/i/hD. The number of carbonyl (C=O) groups excluding carboxylic acids is 3. The third-order valence-electron chi connectivity index (χ3n) is 3.20. The summed E-state index contributed by atoms with van der Waals surface area (Å²) in [4.78, 5) is 37.0. The first kappa shape index (κ1) is 205.